The van der Waals surface area contributed by atoms with Crippen LogP contribution < -0.4 is 0 Å². The van der Waals surface area contributed by atoms with Crippen molar-refractivity contribution in [1.82, 2.24) is 0 Å². The standard InChI is InChI=1S/C4H10As/c1-4(2)5-3/h4H,1-3H3. The second-order valence-electron chi connectivity index (χ2n) is 1.35. The summed E-state index contributed by atoms with van der Waals surface area (Å²) in [6, 6.07) is 0. The minimum absolute atomic E-state index is 0.660. The molecular weight excluding hydrogens is 123 g/mol. The zero-order valence-electron chi connectivity index (χ0n) is 4.02. The predicted molar refractivity (Wildman–Crippen MR) is 26.7 cm³/mol. The number of rotatable bonds is 1. The third-order valence-electron chi connectivity index (χ3n) is 0.516. The van der Waals surface area contributed by atoms with Crippen LogP contribution in [0.2, 0.25) is 10.4 Å². The van der Waals surface area contributed by atoms with Crippen molar-refractivity contribution in [2.75, 3.05) is 0 Å². The van der Waals surface area contributed by atoms with Crippen molar-refractivity contribution < 1.29 is 0 Å². The molecule has 0 nitrogen and oxygen atoms in total. The number of hydrogen-bond acceptors (Lipinski definition) is 0. The Morgan fingerprint density at radius 2 is 1.60 bits per heavy atom. The van der Waals surface area contributed by atoms with Crippen LogP contribution in [-0.4, -0.2) is 15.8 Å². The Labute approximate surface area is 40.6 Å². The topological polar surface area (TPSA) is 0 Å². The van der Waals surface area contributed by atoms with Gasteiger partial charge in [0.25, 0.3) is 0 Å². The van der Waals surface area contributed by atoms with Gasteiger partial charge in [0.1, 0.15) is 0 Å². The van der Waals surface area contributed by atoms with Gasteiger partial charge in [-0.2, -0.15) is 0 Å². The average molecular weight is 133 g/mol. The molecule has 0 rings (SSSR count). The first-order chi connectivity index (χ1) is 2.27. The van der Waals surface area contributed by atoms with Crippen LogP contribution in [0.1, 0.15) is 13.8 Å². The summed E-state index contributed by atoms with van der Waals surface area (Å²) in [7, 11) is 0. The molecule has 0 aliphatic carbocycles. The summed E-state index contributed by atoms with van der Waals surface area (Å²) in [6.07, 6.45) is 0. The second-order valence-corrected chi connectivity index (χ2v) is 4.60. The fraction of sp³-hybridized carbons (Fsp3) is 1.00. The van der Waals surface area contributed by atoms with E-state index in [1.54, 1.807) is 0 Å². The van der Waals surface area contributed by atoms with Gasteiger partial charge in [-0.15, -0.1) is 0 Å². The van der Waals surface area contributed by atoms with E-state index < -0.39 is 0 Å². The zero-order chi connectivity index (χ0) is 4.28. The first kappa shape index (κ1) is 5.56. The molecule has 0 aromatic carbocycles. The monoisotopic (exact) mass is 133 g/mol. The number of hydrogen-bond donors (Lipinski definition) is 0. The van der Waals surface area contributed by atoms with Crippen LogP contribution >= 0.6 is 0 Å². The molecule has 31 valence electrons. The van der Waals surface area contributed by atoms with Gasteiger partial charge in [0, 0.05) is 0 Å². The molecule has 0 fully saturated rings. The van der Waals surface area contributed by atoms with E-state index in [4.69, 9.17) is 0 Å². The second kappa shape index (κ2) is 2.78. The molecule has 0 atom stereocenters. The van der Waals surface area contributed by atoms with Crippen molar-refractivity contribution in [3.63, 3.8) is 0 Å². The molecule has 0 unspecified atom stereocenters. The molecule has 0 aliphatic rings. The van der Waals surface area contributed by atoms with E-state index in [2.05, 4.69) is 19.6 Å². The Kier molecular flexibility index (Phi) is 3.09. The van der Waals surface area contributed by atoms with E-state index in [1.807, 2.05) is 0 Å². The van der Waals surface area contributed by atoms with Gasteiger partial charge in [0.15, 0.2) is 0 Å². The third kappa shape index (κ3) is 4.56. The van der Waals surface area contributed by atoms with Gasteiger partial charge in [0.2, 0.25) is 0 Å². The molecule has 0 aromatic rings. The fourth-order valence-electron chi connectivity index (χ4n) is 0. The van der Waals surface area contributed by atoms with Crippen molar-refractivity contribution in [2.24, 2.45) is 0 Å². The van der Waals surface area contributed by atoms with Gasteiger partial charge in [-0.05, 0) is 0 Å². The summed E-state index contributed by atoms with van der Waals surface area (Å²) >= 11 is 0.660. The molecule has 0 heterocycles. The molecule has 0 amide bonds. The summed E-state index contributed by atoms with van der Waals surface area (Å²) in [5, 5.41) is 0. The summed E-state index contributed by atoms with van der Waals surface area (Å²) in [6.45, 7) is 4.53. The molecule has 0 saturated carbocycles. The molecular formula is C4H10As. The van der Waals surface area contributed by atoms with Gasteiger partial charge in [-0.25, -0.2) is 0 Å². The third-order valence-corrected chi connectivity index (χ3v) is 2.68. The van der Waals surface area contributed by atoms with E-state index in [0.29, 0.717) is 15.8 Å². The van der Waals surface area contributed by atoms with Crippen LogP contribution in [0.3, 0.4) is 0 Å². The van der Waals surface area contributed by atoms with E-state index in [9.17, 15) is 0 Å². The van der Waals surface area contributed by atoms with E-state index >= 15 is 0 Å². The normalized spacial score (nSPS) is 12.0. The van der Waals surface area contributed by atoms with E-state index in [-0.39, 0.29) is 0 Å². The van der Waals surface area contributed by atoms with Crippen molar-refractivity contribution in [3.8, 4) is 0 Å². The molecule has 1 heteroatoms. The van der Waals surface area contributed by atoms with Gasteiger partial charge in [0.05, 0.1) is 0 Å². The van der Waals surface area contributed by atoms with Crippen LogP contribution in [0.5, 0.6) is 0 Å². The van der Waals surface area contributed by atoms with Crippen molar-refractivity contribution >= 4 is 15.8 Å². The summed E-state index contributed by atoms with van der Waals surface area (Å²) in [5.74, 6) is 0. The maximum absolute atomic E-state index is 2.29. The van der Waals surface area contributed by atoms with Gasteiger partial charge >= 0.3 is 40.0 Å². The van der Waals surface area contributed by atoms with Gasteiger partial charge in [-0.3, -0.25) is 0 Å². The molecule has 1 radical (unpaired) electrons. The molecule has 0 saturated heterocycles. The van der Waals surface area contributed by atoms with Crippen molar-refractivity contribution in [1.29, 1.82) is 0 Å². The maximum atomic E-state index is 2.29. The summed E-state index contributed by atoms with van der Waals surface area (Å²) < 4.78 is 0.978. The van der Waals surface area contributed by atoms with E-state index in [0.717, 1.165) is 4.71 Å². The van der Waals surface area contributed by atoms with E-state index in [1.165, 1.54) is 0 Å². The molecule has 0 aromatic heterocycles. The Morgan fingerprint density at radius 1 is 1.40 bits per heavy atom. The predicted octanol–water partition coefficient (Wildman–Crippen LogP) is 1.57. The van der Waals surface area contributed by atoms with Crippen LogP contribution in [0.25, 0.3) is 0 Å². The minimum atomic E-state index is 0.660. The summed E-state index contributed by atoms with van der Waals surface area (Å²) in [5.41, 5.74) is 2.29. The Morgan fingerprint density at radius 3 is 1.60 bits per heavy atom. The molecule has 0 bridgehead atoms. The Hall–Kier alpha value is 0.558. The molecule has 5 heavy (non-hydrogen) atoms. The van der Waals surface area contributed by atoms with Crippen LogP contribution in [0, 0.1) is 0 Å². The van der Waals surface area contributed by atoms with Gasteiger partial charge in [-0.1, -0.05) is 0 Å². The van der Waals surface area contributed by atoms with Crippen LogP contribution in [-0.2, 0) is 0 Å². The Bertz CT molecular complexity index is 17.6. The first-order valence-corrected chi connectivity index (χ1v) is 4.82. The van der Waals surface area contributed by atoms with Gasteiger partial charge < -0.3 is 0 Å². The summed E-state index contributed by atoms with van der Waals surface area (Å²) in [4.78, 5) is 0. The molecule has 0 aliphatic heterocycles. The van der Waals surface area contributed by atoms with Crippen LogP contribution in [0.15, 0.2) is 0 Å². The first-order valence-electron chi connectivity index (χ1n) is 1.86. The van der Waals surface area contributed by atoms with Crippen molar-refractivity contribution in [3.05, 3.63) is 0 Å². The van der Waals surface area contributed by atoms with Crippen molar-refractivity contribution in [2.45, 2.75) is 24.3 Å². The van der Waals surface area contributed by atoms with Crippen LogP contribution in [0.4, 0.5) is 0 Å². The molecule has 0 spiro atoms. The fourth-order valence-corrected chi connectivity index (χ4v) is 0. The Balaban J connectivity index is 2.54. The SMILES string of the molecule is C[As]C(C)C. The quantitative estimate of drug-likeness (QED) is 0.476. The zero-order valence-corrected chi connectivity index (χ0v) is 5.90. The average Bonchev–Trinajstić information content (AvgIpc) is 1.38. The molecule has 0 N–H and O–H groups in total.